The molecule has 0 saturated heterocycles. The maximum absolute atomic E-state index is 3.79. The molecule has 0 aromatic heterocycles. The van der Waals surface area contributed by atoms with Crippen molar-refractivity contribution in [3.63, 3.8) is 0 Å². The van der Waals surface area contributed by atoms with Crippen molar-refractivity contribution in [3.05, 3.63) is 0 Å². The van der Waals surface area contributed by atoms with Gasteiger partial charge in [0.25, 0.3) is 0 Å². The van der Waals surface area contributed by atoms with Gasteiger partial charge in [0.05, 0.1) is 0 Å². The van der Waals surface area contributed by atoms with Crippen LogP contribution in [-0.2, 0) is 0 Å². The number of hydrogen-bond donors (Lipinski definition) is 1. The average Bonchev–Trinajstić information content (AvgIpc) is 2.37. The highest BCUT2D eigenvalue weighted by Crippen LogP contribution is 2.40. The fourth-order valence-electron chi connectivity index (χ4n) is 2.92. The van der Waals surface area contributed by atoms with Gasteiger partial charge in [-0.3, -0.25) is 0 Å². The van der Waals surface area contributed by atoms with Crippen LogP contribution in [0.1, 0.15) is 66.7 Å². The lowest BCUT2D eigenvalue weighted by Gasteiger charge is -2.40. The summed E-state index contributed by atoms with van der Waals surface area (Å²) in [4.78, 5) is 2.31. The Labute approximate surface area is 121 Å². The molecule has 0 spiro atoms. The SMILES string of the molecule is CCC(C)(C)C1CCC(NCC(C)(C)N(C)C)CC1. The summed E-state index contributed by atoms with van der Waals surface area (Å²) in [5, 5.41) is 3.79. The first-order valence-corrected chi connectivity index (χ1v) is 8.10. The fraction of sp³-hybridized carbons (Fsp3) is 1.00. The Kier molecular flexibility index (Phi) is 5.88. The van der Waals surface area contributed by atoms with E-state index in [-0.39, 0.29) is 5.54 Å². The average molecular weight is 268 g/mol. The molecule has 114 valence electrons. The Morgan fingerprint density at radius 1 is 1.00 bits per heavy atom. The van der Waals surface area contributed by atoms with E-state index < -0.39 is 0 Å². The molecule has 2 heteroatoms. The molecular formula is C17H36N2. The molecule has 19 heavy (non-hydrogen) atoms. The Morgan fingerprint density at radius 3 is 1.95 bits per heavy atom. The van der Waals surface area contributed by atoms with E-state index >= 15 is 0 Å². The minimum Gasteiger partial charge on any atom is -0.312 e. The Bertz CT molecular complexity index is 260. The molecular weight excluding hydrogens is 232 g/mol. The summed E-state index contributed by atoms with van der Waals surface area (Å²) in [5.74, 6) is 0.928. The molecule has 0 aromatic carbocycles. The normalized spacial score (nSPS) is 25.9. The van der Waals surface area contributed by atoms with Gasteiger partial charge < -0.3 is 10.2 Å². The molecule has 1 fully saturated rings. The second-order valence-electron chi connectivity index (χ2n) is 7.98. The molecule has 0 heterocycles. The Balaban J connectivity index is 2.35. The number of nitrogens with one attached hydrogen (secondary N) is 1. The number of hydrogen-bond acceptors (Lipinski definition) is 2. The van der Waals surface area contributed by atoms with Crippen LogP contribution in [0.4, 0.5) is 0 Å². The van der Waals surface area contributed by atoms with Crippen molar-refractivity contribution in [1.82, 2.24) is 10.2 Å². The van der Waals surface area contributed by atoms with E-state index in [1.165, 1.54) is 32.1 Å². The minimum absolute atomic E-state index is 0.250. The van der Waals surface area contributed by atoms with Crippen LogP contribution in [0.15, 0.2) is 0 Å². The lowest BCUT2D eigenvalue weighted by molar-refractivity contribution is 0.127. The number of likely N-dealkylation sites (N-methyl/N-ethyl adjacent to an activating group) is 1. The van der Waals surface area contributed by atoms with E-state index in [0.717, 1.165) is 18.5 Å². The first kappa shape index (κ1) is 17.0. The van der Waals surface area contributed by atoms with E-state index in [2.05, 4.69) is 58.9 Å². The second kappa shape index (κ2) is 6.58. The molecule has 0 aromatic rings. The molecule has 0 unspecified atom stereocenters. The van der Waals surface area contributed by atoms with Crippen LogP contribution in [-0.4, -0.2) is 37.1 Å². The van der Waals surface area contributed by atoms with Gasteiger partial charge in [-0.1, -0.05) is 27.2 Å². The van der Waals surface area contributed by atoms with Crippen LogP contribution in [0.2, 0.25) is 0 Å². The Morgan fingerprint density at radius 2 is 1.53 bits per heavy atom. The lowest BCUT2D eigenvalue weighted by atomic mass is 9.69. The van der Waals surface area contributed by atoms with Crippen LogP contribution in [0.5, 0.6) is 0 Å². The van der Waals surface area contributed by atoms with Crippen molar-refractivity contribution in [2.75, 3.05) is 20.6 Å². The molecule has 0 atom stereocenters. The number of nitrogens with zero attached hydrogens (tertiary/aromatic N) is 1. The van der Waals surface area contributed by atoms with Crippen molar-refractivity contribution in [2.24, 2.45) is 11.3 Å². The molecule has 1 saturated carbocycles. The maximum atomic E-state index is 3.79. The predicted octanol–water partition coefficient (Wildman–Crippen LogP) is 3.91. The smallest absolute Gasteiger partial charge is 0.0271 e. The van der Waals surface area contributed by atoms with Crippen molar-refractivity contribution in [2.45, 2.75) is 78.3 Å². The third-order valence-corrected chi connectivity index (χ3v) is 5.78. The predicted molar refractivity (Wildman–Crippen MR) is 85.6 cm³/mol. The third kappa shape index (κ3) is 4.75. The summed E-state index contributed by atoms with van der Waals surface area (Å²) in [7, 11) is 4.34. The van der Waals surface area contributed by atoms with Crippen LogP contribution < -0.4 is 5.32 Å². The summed E-state index contributed by atoms with van der Waals surface area (Å²) in [6.45, 7) is 12.9. The molecule has 0 bridgehead atoms. The molecule has 1 rings (SSSR count). The van der Waals surface area contributed by atoms with Crippen LogP contribution in [0, 0.1) is 11.3 Å². The van der Waals surface area contributed by atoms with Crippen molar-refractivity contribution in [1.29, 1.82) is 0 Å². The van der Waals surface area contributed by atoms with Gasteiger partial charge in [-0.05, 0) is 65.0 Å². The van der Waals surface area contributed by atoms with Gasteiger partial charge in [-0.25, -0.2) is 0 Å². The zero-order valence-electron chi connectivity index (χ0n) is 14.3. The standard InChI is InChI=1S/C17H36N2/c1-8-16(2,3)14-9-11-15(12-10-14)18-13-17(4,5)19(6)7/h14-15,18H,8-13H2,1-7H3. The largest absolute Gasteiger partial charge is 0.312 e. The molecule has 0 aliphatic heterocycles. The van der Waals surface area contributed by atoms with E-state index in [1.807, 2.05) is 0 Å². The van der Waals surface area contributed by atoms with Gasteiger partial charge in [0.2, 0.25) is 0 Å². The van der Waals surface area contributed by atoms with Gasteiger partial charge in [0.1, 0.15) is 0 Å². The quantitative estimate of drug-likeness (QED) is 0.785. The second-order valence-corrected chi connectivity index (χ2v) is 7.98. The number of rotatable bonds is 6. The third-order valence-electron chi connectivity index (χ3n) is 5.78. The molecule has 1 aliphatic carbocycles. The fourth-order valence-corrected chi connectivity index (χ4v) is 2.92. The monoisotopic (exact) mass is 268 g/mol. The van der Waals surface area contributed by atoms with Crippen LogP contribution in [0.25, 0.3) is 0 Å². The van der Waals surface area contributed by atoms with E-state index in [1.54, 1.807) is 0 Å². The highest BCUT2D eigenvalue weighted by molar-refractivity contribution is 4.87. The first-order chi connectivity index (χ1) is 8.69. The maximum Gasteiger partial charge on any atom is 0.0271 e. The van der Waals surface area contributed by atoms with Crippen molar-refractivity contribution >= 4 is 0 Å². The van der Waals surface area contributed by atoms with Gasteiger partial charge in [0, 0.05) is 18.1 Å². The molecule has 0 radical (unpaired) electrons. The molecule has 2 nitrogen and oxygen atoms in total. The summed E-state index contributed by atoms with van der Waals surface area (Å²) in [6, 6.07) is 0.739. The summed E-state index contributed by atoms with van der Waals surface area (Å²) < 4.78 is 0. The lowest BCUT2D eigenvalue weighted by Crippen LogP contribution is -2.50. The van der Waals surface area contributed by atoms with E-state index in [0.29, 0.717) is 5.41 Å². The highest BCUT2D eigenvalue weighted by Gasteiger charge is 2.32. The highest BCUT2D eigenvalue weighted by atomic mass is 15.2. The van der Waals surface area contributed by atoms with Crippen molar-refractivity contribution in [3.8, 4) is 0 Å². The van der Waals surface area contributed by atoms with Gasteiger partial charge in [-0.2, -0.15) is 0 Å². The Hall–Kier alpha value is -0.0800. The van der Waals surface area contributed by atoms with E-state index in [9.17, 15) is 0 Å². The van der Waals surface area contributed by atoms with Gasteiger partial charge in [-0.15, -0.1) is 0 Å². The van der Waals surface area contributed by atoms with Gasteiger partial charge >= 0.3 is 0 Å². The molecule has 1 N–H and O–H groups in total. The van der Waals surface area contributed by atoms with Gasteiger partial charge in [0.15, 0.2) is 0 Å². The zero-order valence-corrected chi connectivity index (χ0v) is 14.3. The summed E-state index contributed by atoms with van der Waals surface area (Å²) in [5.41, 5.74) is 0.785. The summed E-state index contributed by atoms with van der Waals surface area (Å²) >= 11 is 0. The van der Waals surface area contributed by atoms with E-state index in [4.69, 9.17) is 0 Å². The van der Waals surface area contributed by atoms with Crippen LogP contribution in [0.3, 0.4) is 0 Å². The van der Waals surface area contributed by atoms with Crippen molar-refractivity contribution < 1.29 is 0 Å². The molecule has 1 aliphatic rings. The summed E-state index contributed by atoms with van der Waals surface area (Å²) in [6.07, 6.45) is 6.83. The zero-order chi connectivity index (χ0) is 14.7. The topological polar surface area (TPSA) is 15.3 Å². The minimum atomic E-state index is 0.250. The first-order valence-electron chi connectivity index (χ1n) is 8.10. The molecule has 0 amide bonds. The van der Waals surface area contributed by atoms with Crippen LogP contribution >= 0.6 is 0 Å².